The van der Waals surface area contributed by atoms with Crippen LogP contribution in [0.15, 0.2) is 60.8 Å². The lowest BCUT2D eigenvalue weighted by Crippen LogP contribution is -2.20. The van der Waals surface area contributed by atoms with Gasteiger partial charge in [0.05, 0.1) is 11.3 Å². The molecule has 0 aliphatic carbocycles. The number of halogens is 4. The normalized spacial score (nSPS) is 13.9. The highest BCUT2D eigenvalue weighted by Gasteiger charge is 2.32. The lowest BCUT2D eigenvalue weighted by atomic mass is 10.0. The maximum Gasteiger partial charge on any atom is 0.416 e. The number of rotatable bonds is 5. The molecule has 5 nitrogen and oxygen atoms in total. The van der Waals surface area contributed by atoms with Crippen LogP contribution in [0.2, 0.25) is 0 Å². The minimum Gasteiger partial charge on any atom is -0.338 e. The molecule has 3 aromatic rings. The van der Waals surface area contributed by atoms with Gasteiger partial charge in [0.15, 0.2) is 5.82 Å². The molecule has 0 unspecified atom stereocenters. The maximum atomic E-state index is 13.9. The van der Waals surface area contributed by atoms with Crippen molar-refractivity contribution in [2.75, 3.05) is 23.7 Å². The molecule has 0 fully saturated rings. The van der Waals surface area contributed by atoms with Crippen LogP contribution >= 0.6 is 0 Å². The van der Waals surface area contributed by atoms with Crippen LogP contribution in [0.5, 0.6) is 0 Å². The Morgan fingerprint density at radius 1 is 1.09 bits per heavy atom. The van der Waals surface area contributed by atoms with E-state index in [0.717, 1.165) is 41.4 Å². The van der Waals surface area contributed by atoms with E-state index in [2.05, 4.69) is 20.9 Å². The van der Waals surface area contributed by atoms with Crippen LogP contribution in [0.1, 0.15) is 33.5 Å². The number of para-hydroxylation sites is 1. The first-order valence-electron chi connectivity index (χ1n) is 10.6. The van der Waals surface area contributed by atoms with E-state index in [4.69, 9.17) is 0 Å². The van der Waals surface area contributed by atoms with E-state index in [1.165, 1.54) is 0 Å². The number of carbonyl (C=O) groups is 1. The summed E-state index contributed by atoms with van der Waals surface area (Å²) in [5.74, 6) is -1.71. The number of anilines is 3. The van der Waals surface area contributed by atoms with Crippen molar-refractivity contribution >= 4 is 28.7 Å². The highest BCUT2D eigenvalue weighted by molar-refractivity contribution is 6.06. The molecule has 0 spiro atoms. The summed E-state index contributed by atoms with van der Waals surface area (Å²) in [6, 6.07) is 10.9. The Balaban J connectivity index is 1.71. The molecule has 0 bridgehead atoms. The third-order valence-electron chi connectivity index (χ3n) is 5.46. The van der Waals surface area contributed by atoms with Crippen molar-refractivity contribution in [3.63, 3.8) is 0 Å². The fourth-order valence-electron chi connectivity index (χ4n) is 3.64. The minimum atomic E-state index is -4.78. The van der Waals surface area contributed by atoms with Gasteiger partial charge >= 0.3 is 6.18 Å². The summed E-state index contributed by atoms with van der Waals surface area (Å²) >= 11 is 0. The standard InChI is InChI=1S/C25H22F4N4O/c1-15-4-2-3-5-21(15)32-23-22(12-18(14-31-23)16-6-8-30-9-7-16)33-24(34)17-10-19(25(27,28)29)13-20(26)11-17/h2-6,10-14,30H,7-9H2,1H3,(H,31,32)(H,33,34). The number of nitrogens with zero attached hydrogens (tertiary/aromatic N) is 1. The van der Waals surface area contributed by atoms with E-state index in [9.17, 15) is 22.4 Å². The molecule has 3 N–H and O–H groups in total. The fraction of sp³-hybridized carbons (Fsp3) is 0.200. The molecule has 0 radical (unpaired) electrons. The predicted octanol–water partition coefficient (Wildman–Crippen LogP) is 5.92. The average Bonchev–Trinajstić information content (AvgIpc) is 2.81. The van der Waals surface area contributed by atoms with Crippen molar-refractivity contribution in [3.8, 4) is 0 Å². The number of benzene rings is 2. The fourth-order valence-corrected chi connectivity index (χ4v) is 3.64. The molecule has 4 rings (SSSR count). The van der Waals surface area contributed by atoms with Crippen molar-refractivity contribution in [1.82, 2.24) is 10.3 Å². The van der Waals surface area contributed by atoms with Crippen LogP contribution in [-0.2, 0) is 6.18 Å². The van der Waals surface area contributed by atoms with Gasteiger partial charge in [-0.05, 0) is 66.9 Å². The van der Waals surface area contributed by atoms with Gasteiger partial charge in [-0.1, -0.05) is 24.3 Å². The number of pyridine rings is 1. The Morgan fingerprint density at radius 2 is 1.88 bits per heavy atom. The van der Waals surface area contributed by atoms with Gasteiger partial charge in [0.2, 0.25) is 0 Å². The molecule has 1 amide bonds. The number of hydrogen-bond donors (Lipinski definition) is 3. The summed E-state index contributed by atoms with van der Waals surface area (Å²) in [6.07, 6.45) is -0.323. The van der Waals surface area contributed by atoms with Crippen LogP contribution < -0.4 is 16.0 Å². The van der Waals surface area contributed by atoms with Gasteiger partial charge in [0.1, 0.15) is 5.82 Å². The van der Waals surface area contributed by atoms with Gasteiger partial charge in [-0.15, -0.1) is 0 Å². The molecule has 1 aliphatic heterocycles. The quantitative estimate of drug-likeness (QED) is 0.405. The Morgan fingerprint density at radius 3 is 2.59 bits per heavy atom. The molecule has 1 aliphatic rings. The van der Waals surface area contributed by atoms with E-state index in [-0.39, 0.29) is 5.69 Å². The Hall–Kier alpha value is -3.72. The SMILES string of the molecule is Cc1ccccc1Nc1ncc(C2=CCNCC2)cc1NC(=O)c1cc(F)cc(C(F)(F)F)c1. The summed E-state index contributed by atoms with van der Waals surface area (Å²) in [5.41, 5.74) is 2.10. The minimum absolute atomic E-state index is 0.267. The summed E-state index contributed by atoms with van der Waals surface area (Å²) in [6.45, 7) is 3.39. The Bertz CT molecular complexity index is 1250. The zero-order valence-electron chi connectivity index (χ0n) is 18.3. The highest BCUT2D eigenvalue weighted by atomic mass is 19.4. The second kappa shape index (κ2) is 9.64. The first kappa shape index (κ1) is 23.4. The number of carbonyl (C=O) groups excluding carboxylic acids is 1. The van der Waals surface area contributed by atoms with E-state index >= 15 is 0 Å². The number of alkyl halides is 3. The third-order valence-corrected chi connectivity index (χ3v) is 5.46. The molecule has 9 heteroatoms. The van der Waals surface area contributed by atoms with Gasteiger partial charge in [-0.25, -0.2) is 9.37 Å². The lowest BCUT2D eigenvalue weighted by Gasteiger charge is -2.18. The number of nitrogens with one attached hydrogen (secondary N) is 3. The topological polar surface area (TPSA) is 66.1 Å². The van der Waals surface area contributed by atoms with Crippen molar-refractivity contribution in [2.45, 2.75) is 19.5 Å². The van der Waals surface area contributed by atoms with E-state index < -0.39 is 29.0 Å². The summed E-state index contributed by atoms with van der Waals surface area (Å²) in [7, 11) is 0. The monoisotopic (exact) mass is 470 g/mol. The molecule has 176 valence electrons. The second-order valence-corrected chi connectivity index (χ2v) is 7.92. The molecule has 1 aromatic heterocycles. The summed E-state index contributed by atoms with van der Waals surface area (Å²) in [4.78, 5) is 17.3. The third kappa shape index (κ3) is 5.43. The second-order valence-electron chi connectivity index (χ2n) is 7.92. The number of amides is 1. The molecular weight excluding hydrogens is 448 g/mol. The molecule has 0 saturated heterocycles. The van der Waals surface area contributed by atoms with Crippen molar-refractivity contribution < 1.29 is 22.4 Å². The summed E-state index contributed by atoms with van der Waals surface area (Å²) < 4.78 is 53.2. The van der Waals surface area contributed by atoms with Gasteiger partial charge in [-0.3, -0.25) is 4.79 Å². The highest BCUT2D eigenvalue weighted by Crippen LogP contribution is 2.32. The predicted molar refractivity (Wildman–Crippen MR) is 124 cm³/mol. The van der Waals surface area contributed by atoms with Crippen LogP contribution in [-0.4, -0.2) is 24.0 Å². The van der Waals surface area contributed by atoms with Gasteiger partial charge in [-0.2, -0.15) is 13.2 Å². The Labute approximate surface area is 193 Å². The van der Waals surface area contributed by atoms with Crippen LogP contribution in [0.3, 0.4) is 0 Å². The Kier molecular flexibility index (Phi) is 6.65. The molecule has 2 heterocycles. The van der Waals surface area contributed by atoms with Crippen molar-refractivity contribution in [3.05, 3.63) is 88.9 Å². The average molecular weight is 470 g/mol. The number of aromatic nitrogens is 1. The van der Waals surface area contributed by atoms with E-state index in [1.54, 1.807) is 12.3 Å². The van der Waals surface area contributed by atoms with E-state index in [0.29, 0.717) is 24.5 Å². The molecule has 34 heavy (non-hydrogen) atoms. The van der Waals surface area contributed by atoms with Crippen molar-refractivity contribution in [1.29, 1.82) is 0 Å². The molecule has 0 atom stereocenters. The van der Waals surface area contributed by atoms with Crippen molar-refractivity contribution in [2.24, 2.45) is 0 Å². The lowest BCUT2D eigenvalue weighted by molar-refractivity contribution is -0.137. The van der Waals surface area contributed by atoms with Crippen LogP contribution in [0.4, 0.5) is 34.8 Å². The van der Waals surface area contributed by atoms with Crippen LogP contribution in [0.25, 0.3) is 5.57 Å². The largest absolute Gasteiger partial charge is 0.416 e. The van der Waals surface area contributed by atoms with Crippen LogP contribution in [0, 0.1) is 12.7 Å². The number of aryl methyl sites for hydroxylation is 1. The smallest absolute Gasteiger partial charge is 0.338 e. The summed E-state index contributed by atoms with van der Waals surface area (Å²) in [5, 5.41) is 8.99. The van der Waals surface area contributed by atoms with Gasteiger partial charge < -0.3 is 16.0 Å². The molecule has 2 aromatic carbocycles. The molecular formula is C25H22F4N4O. The number of hydrogen-bond acceptors (Lipinski definition) is 4. The van der Waals surface area contributed by atoms with Gasteiger partial charge in [0, 0.05) is 24.0 Å². The van der Waals surface area contributed by atoms with E-state index in [1.807, 2.05) is 37.3 Å². The maximum absolute atomic E-state index is 13.9. The molecule has 0 saturated carbocycles. The zero-order chi connectivity index (χ0) is 24.3. The zero-order valence-corrected chi connectivity index (χ0v) is 18.3. The first-order chi connectivity index (χ1) is 16.2. The first-order valence-corrected chi connectivity index (χ1v) is 10.6. The van der Waals surface area contributed by atoms with Gasteiger partial charge in [0.25, 0.3) is 5.91 Å².